The smallest absolute Gasteiger partial charge is 0 e. The van der Waals surface area contributed by atoms with Gasteiger partial charge < -0.3 is 0 Å². The van der Waals surface area contributed by atoms with Crippen molar-refractivity contribution in [3.63, 3.8) is 0 Å². The van der Waals surface area contributed by atoms with Crippen molar-refractivity contribution in [2.24, 2.45) is 0 Å². The molecule has 0 aromatic carbocycles. The van der Waals surface area contributed by atoms with Crippen LogP contribution < -0.4 is 0 Å². The molecule has 0 spiro atoms. The maximum atomic E-state index is 0. The third-order valence-electron chi connectivity index (χ3n) is 0. The summed E-state index contributed by atoms with van der Waals surface area (Å²) in [5.74, 6) is 0. The van der Waals surface area contributed by atoms with Gasteiger partial charge in [0.1, 0.15) is 0 Å². The van der Waals surface area contributed by atoms with E-state index in [4.69, 9.17) is 0 Å². The Morgan fingerprint density at radius 3 is 1.00 bits per heavy atom. The second-order valence-electron chi connectivity index (χ2n) is 0. The molecule has 0 fully saturated rings. The van der Waals surface area contributed by atoms with Crippen molar-refractivity contribution in [1.82, 2.24) is 0 Å². The molecule has 0 aliphatic rings. The Hall–Kier alpha value is 2.89. The standard InChI is InChI=1S/Sb.Sn.V.W. The van der Waals surface area contributed by atoms with Crippen LogP contribution in [-0.4, -0.2) is 48.3 Å². The molecule has 20 valence electrons. The fourth-order valence-electron chi connectivity index (χ4n) is 0. The van der Waals surface area contributed by atoms with E-state index in [1.165, 1.54) is 0 Å². The van der Waals surface area contributed by atoms with E-state index < -0.39 is 0 Å². The molecule has 0 aliphatic heterocycles. The summed E-state index contributed by atoms with van der Waals surface area (Å²) in [6.45, 7) is 0. The van der Waals surface area contributed by atoms with E-state index in [-0.39, 0.29) is 88.0 Å². The van der Waals surface area contributed by atoms with E-state index in [0.29, 0.717) is 0 Å². The minimum atomic E-state index is 0. The second kappa shape index (κ2) is 16.9. The minimum absolute atomic E-state index is 0. The minimum Gasteiger partial charge on any atom is 0 e. The van der Waals surface area contributed by atoms with Crippen molar-refractivity contribution in [3.05, 3.63) is 0 Å². The molecule has 0 heterocycles. The molecule has 8 radical (unpaired) electrons. The molecule has 0 unspecified atom stereocenters. The average Bonchev–Trinajstić information content (AvgIpc) is 0. The fourth-order valence-corrected chi connectivity index (χ4v) is 0. The summed E-state index contributed by atoms with van der Waals surface area (Å²) in [6.07, 6.45) is 0. The van der Waals surface area contributed by atoms with Gasteiger partial charge in [-0.2, -0.15) is 0 Å². The maximum Gasteiger partial charge on any atom is 0 e. The Kier molecular flexibility index (Phi) is 121. The van der Waals surface area contributed by atoms with E-state index in [2.05, 4.69) is 0 Å². The van der Waals surface area contributed by atoms with Crippen LogP contribution in [0.4, 0.5) is 0 Å². The Morgan fingerprint density at radius 2 is 1.00 bits per heavy atom. The molecule has 0 nitrogen and oxygen atoms in total. The van der Waals surface area contributed by atoms with Crippen molar-refractivity contribution in [1.29, 1.82) is 0 Å². The summed E-state index contributed by atoms with van der Waals surface area (Å²) in [7, 11) is 0. The van der Waals surface area contributed by atoms with Crippen molar-refractivity contribution in [3.8, 4) is 0 Å². The summed E-state index contributed by atoms with van der Waals surface area (Å²) >= 11 is 0. The molecular formula is SbSnVW. The van der Waals surface area contributed by atoms with Crippen LogP contribution >= 0.6 is 0 Å². The zero-order valence-electron chi connectivity index (χ0n) is 1.80. The third-order valence-corrected chi connectivity index (χ3v) is 0. The molecule has 0 aliphatic carbocycles. The summed E-state index contributed by atoms with van der Waals surface area (Å²) in [4.78, 5) is 0. The molecule has 0 N–H and O–H groups in total. The molecule has 0 atom stereocenters. The van der Waals surface area contributed by atoms with E-state index >= 15 is 0 Å². The van der Waals surface area contributed by atoms with E-state index in [1.54, 1.807) is 0 Å². The van der Waals surface area contributed by atoms with Gasteiger partial charge >= 0.3 is 0 Å². The quantitative estimate of drug-likeness (QED) is 0.404. The maximum absolute atomic E-state index is 0. The van der Waals surface area contributed by atoms with Gasteiger partial charge in [-0.05, 0) is 0 Å². The molecule has 4 heteroatoms. The third kappa shape index (κ3) is 8.86. The molecule has 0 aromatic rings. The predicted octanol–water partition coefficient (Wildman–Crippen LogP) is -0.767. The van der Waals surface area contributed by atoms with Crippen LogP contribution in [0.1, 0.15) is 0 Å². The molecule has 4 heavy (non-hydrogen) atoms. The van der Waals surface area contributed by atoms with E-state index in [1.807, 2.05) is 0 Å². The first-order valence-corrected chi connectivity index (χ1v) is 0. The van der Waals surface area contributed by atoms with Gasteiger partial charge in [0, 0.05) is 88.0 Å². The van der Waals surface area contributed by atoms with Gasteiger partial charge in [-0.1, -0.05) is 0 Å². The summed E-state index contributed by atoms with van der Waals surface area (Å²) in [5, 5.41) is 0. The van der Waals surface area contributed by atoms with Crippen molar-refractivity contribution >= 4 is 48.3 Å². The average molecular weight is 475 g/mol. The number of hydrogen-bond acceptors (Lipinski definition) is 0. The first-order valence-electron chi connectivity index (χ1n) is 0. The zero-order valence-corrected chi connectivity index (χ0v) is 11.5. The van der Waals surface area contributed by atoms with Crippen molar-refractivity contribution in [2.45, 2.75) is 0 Å². The fraction of sp³-hybridized carbons (Fsp3) is 0. The molecule has 0 rings (SSSR count). The van der Waals surface area contributed by atoms with Crippen LogP contribution in [-0.2, 0) is 39.6 Å². The molecular weight excluding hydrogens is 475 g/mol. The van der Waals surface area contributed by atoms with Crippen LogP contribution in [0, 0.1) is 0 Å². The first-order chi connectivity index (χ1) is 0. The van der Waals surface area contributed by atoms with Gasteiger partial charge in [-0.25, -0.2) is 0 Å². The van der Waals surface area contributed by atoms with Gasteiger partial charge in [0.05, 0.1) is 0 Å². The second-order valence-corrected chi connectivity index (χ2v) is 0. The summed E-state index contributed by atoms with van der Waals surface area (Å²) in [5.41, 5.74) is 0. The van der Waals surface area contributed by atoms with E-state index in [9.17, 15) is 0 Å². The number of rotatable bonds is 0. The van der Waals surface area contributed by atoms with Gasteiger partial charge in [0.2, 0.25) is 0 Å². The van der Waals surface area contributed by atoms with Crippen molar-refractivity contribution in [2.75, 3.05) is 0 Å². The number of hydrogen-bond donors (Lipinski definition) is 0. The molecule has 0 amide bonds. The van der Waals surface area contributed by atoms with Crippen LogP contribution in [0.3, 0.4) is 0 Å². The van der Waals surface area contributed by atoms with Gasteiger partial charge in [-0.15, -0.1) is 0 Å². The SMILES string of the molecule is [Sb].[Sn].[V].[W]. The van der Waals surface area contributed by atoms with Crippen molar-refractivity contribution < 1.29 is 39.6 Å². The normalized spacial score (nSPS) is 0. The topological polar surface area (TPSA) is 0 Å². The Bertz CT molecular complexity index is 8.00. The van der Waals surface area contributed by atoms with Crippen LogP contribution in [0.5, 0.6) is 0 Å². The van der Waals surface area contributed by atoms with Crippen LogP contribution in [0.25, 0.3) is 0 Å². The van der Waals surface area contributed by atoms with Gasteiger partial charge in [-0.3, -0.25) is 0 Å². The largest absolute Gasteiger partial charge is 0 e. The van der Waals surface area contributed by atoms with Crippen LogP contribution in [0.15, 0.2) is 0 Å². The first kappa shape index (κ1) is 28.6. The zero-order chi connectivity index (χ0) is 0. The summed E-state index contributed by atoms with van der Waals surface area (Å²) < 4.78 is 0. The monoisotopic (exact) mass is 476 g/mol. The Labute approximate surface area is 86.4 Å². The Morgan fingerprint density at radius 1 is 1.00 bits per heavy atom. The predicted molar refractivity (Wildman–Crippen MR) is 11.5 cm³/mol. The van der Waals surface area contributed by atoms with Gasteiger partial charge in [0.15, 0.2) is 0 Å². The molecule has 0 saturated carbocycles. The van der Waals surface area contributed by atoms with Crippen LogP contribution in [0.2, 0.25) is 0 Å². The molecule has 0 saturated heterocycles. The summed E-state index contributed by atoms with van der Waals surface area (Å²) in [6, 6.07) is 0. The van der Waals surface area contributed by atoms with Gasteiger partial charge in [0.25, 0.3) is 0 Å². The van der Waals surface area contributed by atoms with E-state index in [0.717, 1.165) is 0 Å². The Balaban J connectivity index is 0. The molecule has 0 aromatic heterocycles. The molecule has 0 bridgehead atoms.